The van der Waals surface area contributed by atoms with Crippen LogP contribution in [0.2, 0.25) is 15.1 Å². The topological polar surface area (TPSA) is 15.6 Å². The first-order valence-corrected chi connectivity index (χ1v) is 9.48. The van der Waals surface area contributed by atoms with Crippen LogP contribution in [0.3, 0.4) is 0 Å². The molecular weight excluding hydrogens is 406 g/mol. The summed E-state index contributed by atoms with van der Waals surface area (Å²) in [6.45, 7) is 0. The number of anilines is 1. The van der Waals surface area contributed by atoms with E-state index in [0.717, 1.165) is 22.5 Å². The second-order valence-electron chi connectivity index (χ2n) is 6.27. The molecule has 0 fully saturated rings. The van der Waals surface area contributed by atoms with Gasteiger partial charge in [-0.2, -0.15) is 5.10 Å². The highest BCUT2D eigenvalue weighted by Crippen LogP contribution is 2.41. The molecule has 0 bridgehead atoms. The number of hydrazone groups is 1. The van der Waals surface area contributed by atoms with Crippen LogP contribution in [0.25, 0.3) is 0 Å². The summed E-state index contributed by atoms with van der Waals surface area (Å²) >= 11 is 18.7. The van der Waals surface area contributed by atoms with Gasteiger partial charge in [0.25, 0.3) is 0 Å². The lowest BCUT2D eigenvalue weighted by Gasteiger charge is -2.25. The number of halogens is 4. The second-order valence-corrected chi connectivity index (χ2v) is 7.55. The quantitative estimate of drug-likeness (QED) is 0.440. The zero-order valence-electron chi connectivity index (χ0n) is 14.0. The Kier molecular flexibility index (Phi) is 5.09. The van der Waals surface area contributed by atoms with Crippen LogP contribution in [0.1, 0.15) is 23.6 Å². The lowest BCUT2D eigenvalue weighted by Crippen LogP contribution is -2.18. The third-order valence-electron chi connectivity index (χ3n) is 4.50. The summed E-state index contributed by atoms with van der Waals surface area (Å²) in [4.78, 5) is 0. The Balaban J connectivity index is 1.79. The Morgan fingerprint density at radius 3 is 2.22 bits per heavy atom. The van der Waals surface area contributed by atoms with Gasteiger partial charge in [0.05, 0.1) is 22.5 Å². The minimum atomic E-state index is -0.277. The van der Waals surface area contributed by atoms with Crippen LogP contribution in [0.4, 0.5) is 10.1 Å². The third-order valence-corrected chi connectivity index (χ3v) is 5.30. The molecule has 0 amide bonds. The number of hydrogen-bond acceptors (Lipinski definition) is 2. The van der Waals surface area contributed by atoms with E-state index in [-0.39, 0.29) is 11.9 Å². The largest absolute Gasteiger partial charge is 0.256 e. The standard InChI is InChI=1S/C21H14Cl3FN2/c22-15-5-1-14(2-6-15)20-12-19(13-3-8-17(25)9-4-13)26-27(20)21-11-16(23)7-10-18(21)24/h1-11,20H,12H2/t20-/m0/s1. The molecule has 3 aromatic rings. The minimum Gasteiger partial charge on any atom is -0.256 e. The molecule has 0 saturated carbocycles. The van der Waals surface area contributed by atoms with E-state index in [0.29, 0.717) is 21.5 Å². The summed E-state index contributed by atoms with van der Waals surface area (Å²) in [5, 5.41) is 8.47. The van der Waals surface area contributed by atoms with Crippen molar-refractivity contribution in [1.29, 1.82) is 0 Å². The molecule has 1 aliphatic rings. The fourth-order valence-electron chi connectivity index (χ4n) is 3.16. The fraction of sp³-hybridized carbons (Fsp3) is 0.0952. The minimum absolute atomic E-state index is 0.0710. The molecule has 0 radical (unpaired) electrons. The SMILES string of the molecule is Fc1ccc(C2=NN(c3cc(Cl)ccc3Cl)[C@H](c3ccc(Cl)cc3)C2)cc1. The molecule has 1 atom stereocenters. The number of hydrogen-bond donors (Lipinski definition) is 0. The van der Waals surface area contributed by atoms with E-state index in [4.69, 9.17) is 39.9 Å². The third kappa shape index (κ3) is 3.81. The van der Waals surface area contributed by atoms with Gasteiger partial charge in [0.2, 0.25) is 0 Å². The van der Waals surface area contributed by atoms with Gasteiger partial charge in [-0.15, -0.1) is 0 Å². The monoisotopic (exact) mass is 418 g/mol. The van der Waals surface area contributed by atoms with E-state index in [1.807, 2.05) is 29.3 Å². The second kappa shape index (κ2) is 7.51. The van der Waals surface area contributed by atoms with Gasteiger partial charge in [0, 0.05) is 16.5 Å². The Hall–Kier alpha value is -2.07. The van der Waals surface area contributed by atoms with Crippen LogP contribution in [-0.4, -0.2) is 5.71 Å². The van der Waals surface area contributed by atoms with Gasteiger partial charge in [-0.3, -0.25) is 5.01 Å². The maximum atomic E-state index is 13.3. The number of nitrogens with zero attached hydrogens (tertiary/aromatic N) is 2. The lowest BCUT2D eigenvalue weighted by atomic mass is 9.98. The summed E-state index contributed by atoms with van der Waals surface area (Å²) in [5.74, 6) is -0.277. The maximum absolute atomic E-state index is 13.3. The molecule has 3 aromatic carbocycles. The lowest BCUT2D eigenvalue weighted by molar-refractivity contribution is 0.627. The molecule has 0 aliphatic carbocycles. The van der Waals surface area contributed by atoms with Crippen molar-refractivity contribution in [2.45, 2.75) is 12.5 Å². The van der Waals surface area contributed by atoms with Crippen molar-refractivity contribution in [1.82, 2.24) is 0 Å². The van der Waals surface area contributed by atoms with Crippen LogP contribution in [0, 0.1) is 5.82 Å². The van der Waals surface area contributed by atoms with E-state index in [2.05, 4.69) is 0 Å². The Labute approximate surface area is 171 Å². The van der Waals surface area contributed by atoms with Crippen molar-refractivity contribution >= 4 is 46.2 Å². The number of rotatable bonds is 3. The summed E-state index contributed by atoms with van der Waals surface area (Å²) in [6, 6.07) is 19.2. The van der Waals surface area contributed by atoms with E-state index in [9.17, 15) is 4.39 Å². The summed E-state index contributed by atoms with van der Waals surface area (Å²) in [6.07, 6.45) is 0.649. The molecule has 0 aromatic heterocycles. The van der Waals surface area contributed by atoms with Crippen LogP contribution in [0.5, 0.6) is 0 Å². The molecule has 0 N–H and O–H groups in total. The van der Waals surface area contributed by atoms with Gasteiger partial charge in [0.1, 0.15) is 5.82 Å². The average Bonchev–Trinajstić information content (AvgIpc) is 3.10. The maximum Gasteiger partial charge on any atom is 0.123 e. The van der Waals surface area contributed by atoms with Crippen molar-refractivity contribution in [3.63, 3.8) is 0 Å². The van der Waals surface area contributed by atoms with Crippen LogP contribution in [-0.2, 0) is 0 Å². The van der Waals surface area contributed by atoms with E-state index >= 15 is 0 Å². The molecule has 136 valence electrons. The molecule has 0 saturated heterocycles. The van der Waals surface area contributed by atoms with Crippen molar-refractivity contribution in [3.8, 4) is 0 Å². The van der Waals surface area contributed by atoms with Gasteiger partial charge in [0.15, 0.2) is 0 Å². The van der Waals surface area contributed by atoms with E-state index in [1.54, 1.807) is 30.3 Å². The Bertz CT molecular complexity index is 1000. The molecule has 1 aliphatic heterocycles. The highest BCUT2D eigenvalue weighted by molar-refractivity contribution is 6.35. The van der Waals surface area contributed by atoms with E-state index in [1.165, 1.54) is 12.1 Å². The Morgan fingerprint density at radius 2 is 1.52 bits per heavy atom. The van der Waals surface area contributed by atoms with Crippen molar-refractivity contribution in [2.75, 3.05) is 5.01 Å². The van der Waals surface area contributed by atoms with Gasteiger partial charge in [-0.1, -0.05) is 59.1 Å². The van der Waals surface area contributed by atoms with Crippen LogP contribution >= 0.6 is 34.8 Å². The molecule has 0 unspecified atom stereocenters. The van der Waals surface area contributed by atoms with Crippen molar-refractivity contribution in [2.24, 2.45) is 5.10 Å². The van der Waals surface area contributed by atoms with E-state index < -0.39 is 0 Å². The van der Waals surface area contributed by atoms with Crippen molar-refractivity contribution < 1.29 is 4.39 Å². The zero-order valence-corrected chi connectivity index (χ0v) is 16.3. The Morgan fingerprint density at radius 1 is 0.852 bits per heavy atom. The highest BCUT2D eigenvalue weighted by Gasteiger charge is 2.31. The van der Waals surface area contributed by atoms with Gasteiger partial charge in [-0.25, -0.2) is 4.39 Å². The number of benzene rings is 3. The normalized spacial score (nSPS) is 16.5. The van der Waals surface area contributed by atoms with Crippen LogP contribution in [0.15, 0.2) is 71.8 Å². The summed E-state index contributed by atoms with van der Waals surface area (Å²) in [5.41, 5.74) is 3.50. The zero-order chi connectivity index (χ0) is 19.0. The van der Waals surface area contributed by atoms with Crippen LogP contribution < -0.4 is 5.01 Å². The molecule has 2 nitrogen and oxygen atoms in total. The smallest absolute Gasteiger partial charge is 0.123 e. The average molecular weight is 420 g/mol. The molecule has 1 heterocycles. The highest BCUT2D eigenvalue weighted by atomic mass is 35.5. The van der Waals surface area contributed by atoms with Gasteiger partial charge in [-0.05, 0) is 53.6 Å². The molecule has 27 heavy (non-hydrogen) atoms. The van der Waals surface area contributed by atoms with Gasteiger partial charge < -0.3 is 0 Å². The predicted octanol–water partition coefficient (Wildman–Crippen LogP) is 7.14. The predicted molar refractivity (Wildman–Crippen MR) is 111 cm³/mol. The molecule has 4 rings (SSSR count). The first kappa shape index (κ1) is 18.3. The summed E-state index contributed by atoms with van der Waals surface area (Å²) < 4.78 is 13.3. The molecule has 0 spiro atoms. The molecular formula is C21H14Cl3FN2. The molecule has 6 heteroatoms. The fourth-order valence-corrected chi connectivity index (χ4v) is 3.65. The first-order chi connectivity index (χ1) is 13.0. The van der Waals surface area contributed by atoms with Gasteiger partial charge >= 0.3 is 0 Å². The van der Waals surface area contributed by atoms with Crippen molar-refractivity contribution in [3.05, 3.63) is 98.7 Å². The first-order valence-electron chi connectivity index (χ1n) is 8.34. The summed E-state index contributed by atoms with van der Waals surface area (Å²) in [7, 11) is 0.